The average Bonchev–Trinajstić information content (AvgIpc) is 2.46. The summed E-state index contributed by atoms with van der Waals surface area (Å²) in [5, 5.41) is 14.1. The maximum absolute atomic E-state index is 11.0. The van der Waals surface area contributed by atoms with Crippen LogP contribution in [0.4, 0.5) is 11.4 Å². The Morgan fingerprint density at radius 2 is 2.10 bits per heavy atom. The second-order valence-corrected chi connectivity index (χ2v) is 5.36. The fourth-order valence-corrected chi connectivity index (χ4v) is 1.89. The first-order chi connectivity index (χ1) is 9.95. The Bertz CT molecular complexity index is 489. The number of nitro benzene ring substituents is 1. The molecule has 0 saturated heterocycles. The van der Waals surface area contributed by atoms with E-state index in [2.05, 4.69) is 31.1 Å². The zero-order chi connectivity index (χ0) is 15.8. The highest BCUT2D eigenvalue weighted by Gasteiger charge is 2.14. The predicted octanol–water partition coefficient (Wildman–Crippen LogP) is 2.94. The van der Waals surface area contributed by atoms with Gasteiger partial charge in [-0.2, -0.15) is 0 Å². The molecule has 1 aromatic rings. The lowest BCUT2D eigenvalue weighted by molar-refractivity contribution is -0.384. The molecule has 21 heavy (non-hydrogen) atoms. The topological polar surface area (TPSA) is 75.5 Å². The number of rotatable bonds is 9. The summed E-state index contributed by atoms with van der Waals surface area (Å²) >= 11 is 0. The first kappa shape index (κ1) is 17.1. The minimum Gasteiger partial charge on any atom is -0.379 e. The highest BCUT2D eigenvalue weighted by Crippen LogP contribution is 2.24. The van der Waals surface area contributed by atoms with Crippen LogP contribution in [0.1, 0.15) is 37.0 Å². The predicted molar refractivity (Wildman–Crippen MR) is 84.0 cm³/mol. The molecule has 0 atom stereocenters. The summed E-state index contributed by atoms with van der Waals surface area (Å²) in [6.07, 6.45) is 2.57. The zero-order valence-corrected chi connectivity index (χ0v) is 12.8. The summed E-state index contributed by atoms with van der Waals surface area (Å²) in [6.45, 7) is 5.98. The monoisotopic (exact) mass is 293 g/mol. The van der Waals surface area contributed by atoms with Gasteiger partial charge < -0.3 is 10.2 Å². The number of aldehydes is 1. The SMILES string of the molecule is CC(C)N(C)CCCCNc1ccc(C=O)cc1[N+](=O)[O-]. The van der Waals surface area contributed by atoms with Crippen LogP contribution in [0, 0.1) is 10.1 Å². The van der Waals surface area contributed by atoms with Crippen LogP contribution in [-0.4, -0.2) is 42.3 Å². The van der Waals surface area contributed by atoms with E-state index in [0.29, 0.717) is 30.1 Å². The molecule has 0 bridgehead atoms. The highest BCUT2D eigenvalue weighted by molar-refractivity contribution is 5.79. The van der Waals surface area contributed by atoms with E-state index in [1.807, 2.05) is 0 Å². The number of carbonyl (C=O) groups is 1. The van der Waals surface area contributed by atoms with Gasteiger partial charge in [0, 0.05) is 24.2 Å². The van der Waals surface area contributed by atoms with Crippen molar-refractivity contribution in [3.63, 3.8) is 0 Å². The average molecular weight is 293 g/mol. The molecular weight excluding hydrogens is 270 g/mol. The summed E-state index contributed by atoms with van der Waals surface area (Å²) < 4.78 is 0. The van der Waals surface area contributed by atoms with Gasteiger partial charge >= 0.3 is 0 Å². The highest BCUT2D eigenvalue weighted by atomic mass is 16.6. The van der Waals surface area contributed by atoms with Crippen LogP contribution in [-0.2, 0) is 0 Å². The number of nitrogens with one attached hydrogen (secondary N) is 1. The first-order valence-corrected chi connectivity index (χ1v) is 7.13. The van der Waals surface area contributed by atoms with Gasteiger partial charge in [-0.1, -0.05) is 0 Å². The van der Waals surface area contributed by atoms with Crippen LogP contribution in [0.25, 0.3) is 0 Å². The molecule has 0 heterocycles. The fraction of sp³-hybridized carbons (Fsp3) is 0.533. The molecule has 6 nitrogen and oxygen atoms in total. The molecule has 0 unspecified atom stereocenters. The Kier molecular flexibility index (Phi) is 6.81. The molecule has 0 amide bonds. The Labute approximate surface area is 125 Å². The van der Waals surface area contributed by atoms with E-state index < -0.39 is 4.92 Å². The molecule has 1 N–H and O–H groups in total. The quantitative estimate of drug-likeness (QED) is 0.328. The zero-order valence-electron chi connectivity index (χ0n) is 12.8. The van der Waals surface area contributed by atoms with Crippen molar-refractivity contribution < 1.29 is 9.72 Å². The van der Waals surface area contributed by atoms with Gasteiger partial charge in [-0.15, -0.1) is 0 Å². The van der Waals surface area contributed by atoms with Gasteiger partial charge in [-0.3, -0.25) is 14.9 Å². The van der Waals surface area contributed by atoms with Crippen LogP contribution in [0.5, 0.6) is 0 Å². The van der Waals surface area contributed by atoms with Crippen LogP contribution in [0.3, 0.4) is 0 Å². The van der Waals surface area contributed by atoms with Crippen LogP contribution >= 0.6 is 0 Å². The summed E-state index contributed by atoms with van der Waals surface area (Å²) in [6, 6.07) is 4.98. The Balaban J connectivity index is 2.48. The van der Waals surface area contributed by atoms with Gasteiger partial charge in [0.1, 0.15) is 12.0 Å². The largest absolute Gasteiger partial charge is 0.379 e. The Morgan fingerprint density at radius 3 is 2.67 bits per heavy atom. The Hall–Kier alpha value is -1.95. The van der Waals surface area contributed by atoms with E-state index in [4.69, 9.17) is 0 Å². The summed E-state index contributed by atoms with van der Waals surface area (Å²) in [5.41, 5.74) is 0.715. The minimum atomic E-state index is -0.470. The van der Waals surface area contributed by atoms with Crippen molar-refractivity contribution in [2.45, 2.75) is 32.7 Å². The van der Waals surface area contributed by atoms with Gasteiger partial charge in [0.25, 0.3) is 5.69 Å². The third kappa shape index (κ3) is 5.51. The van der Waals surface area contributed by atoms with Crippen LogP contribution in [0.15, 0.2) is 18.2 Å². The number of nitro groups is 1. The van der Waals surface area contributed by atoms with Crippen molar-refractivity contribution in [1.29, 1.82) is 0 Å². The van der Waals surface area contributed by atoms with Crippen molar-refractivity contribution in [2.75, 3.05) is 25.5 Å². The number of nitrogens with zero attached hydrogens (tertiary/aromatic N) is 2. The number of hydrogen-bond donors (Lipinski definition) is 1. The Morgan fingerprint density at radius 1 is 1.38 bits per heavy atom. The molecule has 1 rings (SSSR count). The molecule has 0 aliphatic carbocycles. The molecule has 0 aromatic heterocycles. The molecule has 0 spiro atoms. The molecule has 116 valence electrons. The van der Waals surface area contributed by atoms with Crippen molar-refractivity contribution in [3.8, 4) is 0 Å². The molecule has 0 aliphatic heterocycles. The maximum atomic E-state index is 11.0. The second kappa shape index (κ2) is 8.36. The van der Waals surface area contributed by atoms with E-state index in [1.54, 1.807) is 12.1 Å². The van der Waals surface area contributed by atoms with E-state index in [-0.39, 0.29) is 5.69 Å². The second-order valence-electron chi connectivity index (χ2n) is 5.36. The van der Waals surface area contributed by atoms with Gasteiger partial charge in [-0.25, -0.2) is 0 Å². The summed E-state index contributed by atoms with van der Waals surface area (Å²) in [4.78, 5) is 23.4. The van der Waals surface area contributed by atoms with Gasteiger partial charge in [0.2, 0.25) is 0 Å². The molecule has 6 heteroatoms. The third-order valence-electron chi connectivity index (χ3n) is 3.49. The van der Waals surface area contributed by atoms with E-state index in [9.17, 15) is 14.9 Å². The number of anilines is 1. The molecular formula is C15H23N3O3. The third-order valence-corrected chi connectivity index (χ3v) is 3.49. The van der Waals surface area contributed by atoms with Gasteiger partial charge in [0.05, 0.1) is 4.92 Å². The fourth-order valence-electron chi connectivity index (χ4n) is 1.89. The van der Waals surface area contributed by atoms with Crippen molar-refractivity contribution in [1.82, 2.24) is 4.90 Å². The molecule has 0 fully saturated rings. The lowest BCUT2D eigenvalue weighted by atomic mass is 10.2. The summed E-state index contributed by atoms with van der Waals surface area (Å²) in [5.74, 6) is 0. The minimum absolute atomic E-state index is 0.0566. The lowest BCUT2D eigenvalue weighted by Crippen LogP contribution is -2.27. The van der Waals surface area contributed by atoms with Crippen LogP contribution in [0.2, 0.25) is 0 Å². The summed E-state index contributed by atoms with van der Waals surface area (Å²) in [7, 11) is 2.08. The number of unbranched alkanes of at least 4 members (excludes halogenated alkanes) is 1. The van der Waals surface area contributed by atoms with Crippen molar-refractivity contribution >= 4 is 17.7 Å². The molecule has 0 saturated carbocycles. The molecule has 0 aliphatic rings. The maximum Gasteiger partial charge on any atom is 0.293 e. The van der Waals surface area contributed by atoms with E-state index in [1.165, 1.54) is 6.07 Å². The van der Waals surface area contributed by atoms with Crippen molar-refractivity contribution in [2.24, 2.45) is 0 Å². The van der Waals surface area contributed by atoms with E-state index in [0.717, 1.165) is 19.4 Å². The standard InChI is InChI=1S/C15H23N3O3/c1-12(2)17(3)9-5-4-8-16-14-7-6-13(11-19)10-15(14)18(20)21/h6-7,10-12,16H,4-5,8-9H2,1-3H3. The molecule has 1 aromatic carbocycles. The number of benzene rings is 1. The number of carbonyl (C=O) groups excluding carboxylic acids is 1. The van der Waals surface area contributed by atoms with Gasteiger partial charge in [0.15, 0.2) is 0 Å². The van der Waals surface area contributed by atoms with Crippen molar-refractivity contribution in [3.05, 3.63) is 33.9 Å². The smallest absolute Gasteiger partial charge is 0.293 e. The first-order valence-electron chi connectivity index (χ1n) is 7.13. The van der Waals surface area contributed by atoms with Gasteiger partial charge in [-0.05, 0) is 52.4 Å². The lowest BCUT2D eigenvalue weighted by Gasteiger charge is -2.20. The van der Waals surface area contributed by atoms with Crippen LogP contribution < -0.4 is 5.32 Å². The molecule has 0 radical (unpaired) electrons. The van der Waals surface area contributed by atoms with E-state index >= 15 is 0 Å². The normalized spacial score (nSPS) is 10.9. The number of hydrogen-bond acceptors (Lipinski definition) is 5.